The van der Waals surface area contributed by atoms with Crippen molar-refractivity contribution in [2.24, 2.45) is 11.7 Å². The summed E-state index contributed by atoms with van der Waals surface area (Å²) in [5.74, 6) is 0.0952. The molecule has 4 N–H and O–H groups in total. The lowest BCUT2D eigenvalue weighted by molar-refractivity contribution is -0.126. The molecule has 0 aromatic carbocycles. The third-order valence-electron chi connectivity index (χ3n) is 3.76. The molecular weight excluding hydrogens is 218 g/mol. The lowest BCUT2D eigenvalue weighted by Gasteiger charge is -2.27. The van der Waals surface area contributed by atoms with Crippen LogP contribution >= 0.6 is 0 Å². The van der Waals surface area contributed by atoms with Crippen molar-refractivity contribution in [3.8, 4) is 0 Å². The van der Waals surface area contributed by atoms with Gasteiger partial charge in [0, 0.05) is 25.0 Å². The summed E-state index contributed by atoms with van der Waals surface area (Å²) in [4.78, 5) is 23.0. The molecule has 3 atom stereocenters. The van der Waals surface area contributed by atoms with E-state index in [4.69, 9.17) is 5.73 Å². The Labute approximate surface area is 102 Å². The van der Waals surface area contributed by atoms with Crippen LogP contribution < -0.4 is 16.4 Å². The van der Waals surface area contributed by atoms with Gasteiger partial charge in [-0.1, -0.05) is 12.8 Å². The maximum atomic E-state index is 11.9. The molecule has 3 unspecified atom stereocenters. The summed E-state index contributed by atoms with van der Waals surface area (Å²) < 4.78 is 0. The summed E-state index contributed by atoms with van der Waals surface area (Å²) in [6.07, 6.45) is 5.44. The van der Waals surface area contributed by atoms with E-state index in [2.05, 4.69) is 10.6 Å². The monoisotopic (exact) mass is 239 g/mol. The second kappa shape index (κ2) is 5.49. The Kier molecular flexibility index (Phi) is 3.99. The molecule has 5 heteroatoms. The molecule has 0 spiro atoms. The van der Waals surface area contributed by atoms with E-state index in [1.165, 1.54) is 0 Å². The number of hydrogen-bond donors (Lipinski definition) is 3. The molecule has 2 rings (SSSR count). The third kappa shape index (κ3) is 3.19. The predicted molar refractivity (Wildman–Crippen MR) is 64.1 cm³/mol. The molecule has 1 saturated heterocycles. The fraction of sp³-hybridized carbons (Fsp3) is 0.833. The van der Waals surface area contributed by atoms with Gasteiger partial charge in [-0.2, -0.15) is 0 Å². The number of amides is 2. The van der Waals surface area contributed by atoms with Crippen molar-refractivity contribution in [1.29, 1.82) is 0 Å². The summed E-state index contributed by atoms with van der Waals surface area (Å²) in [7, 11) is 0. The average molecular weight is 239 g/mol. The molecule has 1 saturated carbocycles. The van der Waals surface area contributed by atoms with E-state index in [-0.39, 0.29) is 29.8 Å². The highest BCUT2D eigenvalue weighted by Crippen LogP contribution is 2.23. The van der Waals surface area contributed by atoms with E-state index in [0.717, 1.165) is 32.1 Å². The number of rotatable bonds is 3. The topological polar surface area (TPSA) is 84.2 Å². The highest BCUT2D eigenvalue weighted by Gasteiger charge is 2.29. The van der Waals surface area contributed by atoms with Gasteiger partial charge in [-0.25, -0.2) is 0 Å². The number of hydrogen-bond acceptors (Lipinski definition) is 3. The van der Waals surface area contributed by atoms with Crippen molar-refractivity contribution < 1.29 is 9.59 Å². The molecule has 1 heterocycles. The minimum Gasteiger partial charge on any atom is -0.354 e. The second-order valence-corrected chi connectivity index (χ2v) is 5.10. The zero-order valence-electron chi connectivity index (χ0n) is 10.1. The van der Waals surface area contributed by atoms with Gasteiger partial charge in [0.15, 0.2) is 0 Å². The minimum absolute atomic E-state index is 0.00178. The Morgan fingerprint density at radius 2 is 2.12 bits per heavy atom. The van der Waals surface area contributed by atoms with Crippen molar-refractivity contribution in [3.63, 3.8) is 0 Å². The number of nitrogens with two attached hydrogens (primary N) is 1. The third-order valence-corrected chi connectivity index (χ3v) is 3.76. The highest BCUT2D eigenvalue weighted by molar-refractivity contribution is 5.80. The van der Waals surface area contributed by atoms with Crippen LogP contribution in [0.4, 0.5) is 0 Å². The SMILES string of the molecule is NC1CCCCC1C(=O)NCC1CCC(=O)N1. The van der Waals surface area contributed by atoms with E-state index >= 15 is 0 Å². The van der Waals surface area contributed by atoms with Gasteiger partial charge in [-0.3, -0.25) is 9.59 Å². The highest BCUT2D eigenvalue weighted by atomic mass is 16.2. The fourth-order valence-corrected chi connectivity index (χ4v) is 2.67. The maximum absolute atomic E-state index is 11.9. The Bertz CT molecular complexity index is 306. The van der Waals surface area contributed by atoms with E-state index in [0.29, 0.717) is 13.0 Å². The van der Waals surface area contributed by atoms with Gasteiger partial charge in [0.1, 0.15) is 0 Å². The maximum Gasteiger partial charge on any atom is 0.224 e. The van der Waals surface area contributed by atoms with Crippen LogP contribution in [-0.2, 0) is 9.59 Å². The first kappa shape index (κ1) is 12.4. The van der Waals surface area contributed by atoms with Crippen LogP contribution in [0.3, 0.4) is 0 Å². The molecule has 96 valence electrons. The van der Waals surface area contributed by atoms with Crippen LogP contribution in [0.2, 0.25) is 0 Å². The van der Waals surface area contributed by atoms with Crippen molar-refractivity contribution in [3.05, 3.63) is 0 Å². The summed E-state index contributed by atoms with van der Waals surface area (Å²) in [5, 5.41) is 5.75. The average Bonchev–Trinajstić information content (AvgIpc) is 2.73. The van der Waals surface area contributed by atoms with Crippen LogP contribution in [0.15, 0.2) is 0 Å². The standard InChI is InChI=1S/C12H21N3O2/c13-10-4-2-1-3-9(10)12(17)14-7-8-5-6-11(16)15-8/h8-10H,1-7,13H2,(H,14,17)(H,15,16). The normalized spacial score (nSPS) is 33.2. The lowest BCUT2D eigenvalue weighted by Crippen LogP contribution is -2.46. The van der Waals surface area contributed by atoms with Gasteiger partial charge in [-0.15, -0.1) is 0 Å². The predicted octanol–water partition coefficient (Wildman–Crippen LogP) is -0.101. The van der Waals surface area contributed by atoms with E-state index < -0.39 is 0 Å². The Balaban J connectivity index is 1.74. The summed E-state index contributed by atoms with van der Waals surface area (Å²) in [5.41, 5.74) is 5.96. The smallest absolute Gasteiger partial charge is 0.224 e. The fourth-order valence-electron chi connectivity index (χ4n) is 2.67. The Morgan fingerprint density at radius 3 is 2.76 bits per heavy atom. The first-order chi connectivity index (χ1) is 8.16. The summed E-state index contributed by atoms with van der Waals surface area (Å²) in [6.45, 7) is 0.536. The van der Waals surface area contributed by atoms with Crippen molar-refractivity contribution in [2.75, 3.05) is 6.54 Å². The van der Waals surface area contributed by atoms with Crippen LogP contribution in [0, 0.1) is 5.92 Å². The van der Waals surface area contributed by atoms with E-state index in [9.17, 15) is 9.59 Å². The van der Waals surface area contributed by atoms with Crippen molar-refractivity contribution in [1.82, 2.24) is 10.6 Å². The number of nitrogens with one attached hydrogen (secondary N) is 2. The second-order valence-electron chi connectivity index (χ2n) is 5.10. The van der Waals surface area contributed by atoms with Crippen LogP contribution in [-0.4, -0.2) is 30.4 Å². The minimum atomic E-state index is -0.0409. The molecule has 5 nitrogen and oxygen atoms in total. The van der Waals surface area contributed by atoms with Gasteiger partial charge in [0.05, 0.1) is 5.92 Å². The first-order valence-corrected chi connectivity index (χ1v) is 6.49. The molecule has 0 radical (unpaired) electrons. The van der Waals surface area contributed by atoms with Crippen molar-refractivity contribution >= 4 is 11.8 Å². The van der Waals surface area contributed by atoms with Gasteiger partial charge < -0.3 is 16.4 Å². The lowest BCUT2D eigenvalue weighted by atomic mass is 9.84. The van der Waals surface area contributed by atoms with Crippen molar-refractivity contribution in [2.45, 2.75) is 50.6 Å². The van der Waals surface area contributed by atoms with Crippen LogP contribution in [0.5, 0.6) is 0 Å². The Hall–Kier alpha value is -1.10. The molecular formula is C12H21N3O2. The van der Waals surface area contributed by atoms with E-state index in [1.54, 1.807) is 0 Å². The zero-order valence-corrected chi connectivity index (χ0v) is 10.1. The molecule has 1 aliphatic carbocycles. The van der Waals surface area contributed by atoms with Gasteiger partial charge in [0.25, 0.3) is 0 Å². The van der Waals surface area contributed by atoms with Gasteiger partial charge in [-0.05, 0) is 19.3 Å². The molecule has 0 aromatic heterocycles. The number of carbonyl (C=O) groups excluding carboxylic acids is 2. The molecule has 1 aliphatic heterocycles. The largest absolute Gasteiger partial charge is 0.354 e. The molecule has 17 heavy (non-hydrogen) atoms. The summed E-state index contributed by atoms with van der Waals surface area (Å²) >= 11 is 0. The first-order valence-electron chi connectivity index (χ1n) is 6.49. The molecule has 2 amide bonds. The summed E-state index contributed by atoms with van der Waals surface area (Å²) in [6, 6.07) is 0.105. The number of carbonyl (C=O) groups is 2. The molecule has 2 fully saturated rings. The zero-order chi connectivity index (χ0) is 12.3. The molecule has 0 aromatic rings. The van der Waals surface area contributed by atoms with Gasteiger partial charge in [0.2, 0.25) is 11.8 Å². The molecule has 2 aliphatic rings. The van der Waals surface area contributed by atoms with Crippen LogP contribution in [0.1, 0.15) is 38.5 Å². The molecule has 0 bridgehead atoms. The van der Waals surface area contributed by atoms with Crippen LogP contribution in [0.25, 0.3) is 0 Å². The quantitative estimate of drug-likeness (QED) is 0.643. The van der Waals surface area contributed by atoms with E-state index in [1.807, 2.05) is 0 Å². The van der Waals surface area contributed by atoms with Gasteiger partial charge >= 0.3 is 0 Å². The Morgan fingerprint density at radius 1 is 1.35 bits per heavy atom.